The van der Waals surface area contributed by atoms with Gasteiger partial charge in [0.1, 0.15) is 12.4 Å². The maximum Gasteiger partial charge on any atom is 0.335 e. The Morgan fingerprint density at radius 2 is 1.92 bits per heavy atom. The number of nitrogens with zero attached hydrogens (tertiary/aromatic N) is 2. The van der Waals surface area contributed by atoms with Crippen molar-refractivity contribution >= 4 is 27.6 Å². The van der Waals surface area contributed by atoms with E-state index in [1.165, 1.54) is 12.1 Å². The summed E-state index contributed by atoms with van der Waals surface area (Å²) in [6, 6.07) is 4.36. The molecule has 1 aliphatic carbocycles. The molecule has 0 bridgehead atoms. The largest absolute Gasteiger partial charge is 0.491 e. The Labute approximate surface area is 152 Å². The molecule has 0 aromatic heterocycles. The van der Waals surface area contributed by atoms with Crippen LogP contribution in [0.4, 0.5) is 0 Å². The van der Waals surface area contributed by atoms with Gasteiger partial charge in [-0.3, -0.25) is 4.90 Å². The number of ether oxygens (including phenoxy) is 1. The Morgan fingerprint density at radius 3 is 2.48 bits per heavy atom. The zero-order valence-electron chi connectivity index (χ0n) is 13.7. The maximum atomic E-state index is 12.2. The van der Waals surface area contributed by atoms with Crippen molar-refractivity contribution in [1.29, 1.82) is 0 Å². The predicted molar refractivity (Wildman–Crippen MR) is 93.9 cm³/mol. The van der Waals surface area contributed by atoms with Gasteiger partial charge in [0.15, 0.2) is 0 Å². The van der Waals surface area contributed by atoms with Crippen molar-refractivity contribution in [2.24, 2.45) is 0 Å². The number of halogens is 1. The minimum absolute atomic E-state index is 0.116. The van der Waals surface area contributed by atoms with E-state index in [2.05, 4.69) is 4.90 Å². The van der Waals surface area contributed by atoms with Crippen molar-refractivity contribution < 1.29 is 23.1 Å². The van der Waals surface area contributed by atoms with Gasteiger partial charge in [0.2, 0.25) is 10.0 Å². The molecule has 2 aliphatic rings. The number of carbonyl (C=O) groups is 1. The second kappa shape index (κ2) is 7.49. The lowest BCUT2D eigenvalue weighted by atomic mass is 10.2. The van der Waals surface area contributed by atoms with Crippen molar-refractivity contribution in [3.63, 3.8) is 0 Å². The zero-order valence-corrected chi connectivity index (χ0v) is 15.3. The molecule has 1 saturated heterocycles. The van der Waals surface area contributed by atoms with Gasteiger partial charge in [0, 0.05) is 32.7 Å². The molecule has 25 heavy (non-hydrogen) atoms. The smallest absolute Gasteiger partial charge is 0.335 e. The van der Waals surface area contributed by atoms with E-state index in [0.717, 1.165) is 12.8 Å². The van der Waals surface area contributed by atoms with Crippen LogP contribution in [0.1, 0.15) is 23.2 Å². The Morgan fingerprint density at radius 1 is 1.24 bits per heavy atom. The number of carboxylic acids is 1. The van der Waals surface area contributed by atoms with E-state index in [1.807, 2.05) is 0 Å². The van der Waals surface area contributed by atoms with Gasteiger partial charge in [0.25, 0.3) is 0 Å². The van der Waals surface area contributed by atoms with Crippen LogP contribution < -0.4 is 4.74 Å². The van der Waals surface area contributed by atoms with Gasteiger partial charge in [-0.25, -0.2) is 13.2 Å². The first-order valence-corrected chi connectivity index (χ1v) is 10.1. The fourth-order valence-electron chi connectivity index (χ4n) is 2.82. The van der Waals surface area contributed by atoms with Gasteiger partial charge < -0.3 is 9.84 Å². The van der Waals surface area contributed by atoms with E-state index < -0.39 is 16.0 Å². The highest BCUT2D eigenvalue weighted by molar-refractivity contribution is 7.90. The summed E-state index contributed by atoms with van der Waals surface area (Å²) in [5.74, 6) is -0.589. The van der Waals surface area contributed by atoms with Gasteiger partial charge in [0.05, 0.1) is 15.8 Å². The van der Waals surface area contributed by atoms with Crippen LogP contribution >= 0.6 is 11.6 Å². The zero-order chi connectivity index (χ0) is 18.0. The van der Waals surface area contributed by atoms with Crippen LogP contribution in [-0.2, 0) is 10.0 Å². The SMILES string of the molecule is O=C(O)c1ccc(OCCN2CCN(S(=O)(=O)C3CC3)CC2)c(Cl)c1. The Kier molecular flexibility index (Phi) is 5.52. The predicted octanol–water partition coefficient (Wildman–Crippen LogP) is 1.53. The first-order chi connectivity index (χ1) is 11.9. The monoisotopic (exact) mass is 388 g/mol. The number of aromatic carboxylic acids is 1. The first-order valence-electron chi connectivity index (χ1n) is 8.25. The Balaban J connectivity index is 1.44. The van der Waals surface area contributed by atoms with Crippen molar-refractivity contribution in [3.05, 3.63) is 28.8 Å². The highest BCUT2D eigenvalue weighted by atomic mass is 35.5. The van der Waals surface area contributed by atoms with Crippen molar-refractivity contribution in [3.8, 4) is 5.75 Å². The molecule has 3 rings (SSSR count). The molecule has 1 aliphatic heterocycles. The Bertz CT molecular complexity index is 743. The number of hydrogen-bond acceptors (Lipinski definition) is 5. The fourth-order valence-corrected chi connectivity index (χ4v) is 4.88. The second-order valence-electron chi connectivity index (χ2n) is 6.28. The molecule has 2 fully saturated rings. The van der Waals surface area contributed by atoms with Gasteiger partial charge in [-0.2, -0.15) is 4.31 Å². The molecule has 0 amide bonds. The molecule has 1 heterocycles. The van der Waals surface area contributed by atoms with Crippen LogP contribution in [-0.4, -0.2) is 73.3 Å². The lowest BCUT2D eigenvalue weighted by molar-refractivity contribution is 0.0697. The van der Waals surface area contributed by atoms with Crippen LogP contribution in [0.25, 0.3) is 0 Å². The molecule has 0 radical (unpaired) electrons. The van der Waals surface area contributed by atoms with E-state index in [-0.39, 0.29) is 15.8 Å². The van der Waals surface area contributed by atoms with Crippen molar-refractivity contribution in [2.75, 3.05) is 39.3 Å². The summed E-state index contributed by atoms with van der Waals surface area (Å²) < 4.78 is 31.6. The van der Waals surface area contributed by atoms with Gasteiger partial charge in [-0.1, -0.05) is 11.6 Å². The van der Waals surface area contributed by atoms with E-state index >= 15 is 0 Å². The minimum Gasteiger partial charge on any atom is -0.491 e. The molecule has 1 aromatic rings. The summed E-state index contributed by atoms with van der Waals surface area (Å²) in [4.78, 5) is 13.0. The average Bonchev–Trinajstić information content (AvgIpc) is 3.42. The molecule has 0 unspecified atom stereocenters. The van der Waals surface area contributed by atoms with Crippen LogP contribution in [0.3, 0.4) is 0 Å². The first kappa shape index (κ1) is 18.4. The number of carboxylic acid groups (broad SMARTS) is 1. The molecular formula is C16H21ClN2O5S. The number of benzene rings is 1. The molecule has 1 N–H and O–H groups in total. The molecule has 1 aromatic carbocycles. The molecular weight excluding hydrogens is 368 g/mol. The summed E-state index contributed by atoms with van der Waals surface area (Å²) in [6.45, 7) is 3.47. The minimum atomic E-state index is -3.08. The second-order valence-corrected chi connectivity index (χ2v) is 8.90. The van der Waals surface area contributed by atoms with Gasteiger partial charge >= 0.3 is 5.97 Å². The van der Waals surface area contributed by atoms with E-state index in [9.17, 15) is 13.2 Å². The average molecular weight is 389 g/mol. The summed E-state index contributed by atoms with van der Waals surface area (Å²) in [6.07, 6.45) is 1.58. The quantitative estimate of drug-likeness (QED) is 0.762. The summed E-state index contributed by atoms with van der Waals surface area (Å²) in [5.41, 5.74) is 0.116. The van der Waals surface area contributed by atoms with Crippen LogP contribution in [0, 0.1) is 0 Å². The van der Waals surface area contributed by atoms with E-state index in [1.54, 1.807) is 10.4 Å². The van der Waals surface area contributed by atoms with Crippen LogP contribution in [0.2, 0.25) is 5.02 Å². The molecule has 138 valence electrons. The highest BCUT2D eigenvalue weighted by Crippen LogP contribution is 2.31. The number of sulfonamides is 1. The van der Waals surface area contributed by atoms with Crippen LogP contribution in [0.15, 0.2) is 18.2 Å². The van der Waals surface area contributed by atoms with Crippen molar-refractivity contribution in [2.45, 2.75) is 18.1 Å². The third-order valence-electron chi connectivity index (χ3n) is 4.48. The van der Waals surface area contributed by atoms with Gasteiger partial charge in [-0.15, -0.1) is 0 Å². The highest BCUT2D eigenvalue weighted by Gasteiger charge is 2.40. The van der Waals surface area contributed by atoms with Crippen LogP contribution in [0.5, 0.6) is 5.75 Å². The Hall–Kier alpha value is -1.35. The number of hydrogen-bond donors (Lipinski definition) is 1. The normalized spacial score (nSPS) is 19.7. The lowest BCUT2D eigenvalue weighted by Crippen LogP contribution is -2.50. The molecule has 1 saturated carbocycles. The maximum absolute atomic E-state index is 12.2. The lowest BCUT2D eigenvalue weighted by Gasteiger charge is -2.33. The summed E-state index contributed by atoms with van der Waals surface area (Å²) >= 11 is 6.02. The number of piperazine rings is 1. The van der Waals surface area contributed by atoms with E-state index in [0.29, 0.717) is 45.1 Å². The molecule has 0 spiro atoms. The van der Waals surface area contributed by atoms with Gasteiger partial charge in [-0.05, 0) is 31.0 Å². The number of rotatable bonds is 7. The topological polar surface area (TPSA) is 87.2 Å². The summed E-state index contributed by atoms with van der Waals surface area (Å²) in [5, 5.41) is 9.02. The third-order valence-corrected chi connectivity index (χ3v) is 7.17. The standard InChI is InChI=1S/C16H21ClN2O5S/c17-14-11-12(16(20)21)1-4-15(14)24-10-9-18-5-7-19(8-6-18)25(22,23)13-2-3-13/h1,4,11,13H,2-3,5-10H2,(H,20,21). The third kappa shape index (κ3) is 4.44. The molecule has 0 atom stereocenters. The molecule has 9 heteroatoms. The fraction of sp³-hybridized carbons (Fsp3) is 0.562. The van der Waals surface area contributed by atoms with E-state index in [4.69, 9.17) is 21.4 Å². The van der Waals surface area contributed by atoms with Crippen molar-refractivity contribution in [1.82, 2.24) is 9.21 Å². The molecule has 7 nitrogen and oxygen atoms in total. The summed E-state index contributed by atoms with van der Waals surface area (Å²) in [7, 11) is -3.08.